The molecule has 1 aliphatic heterocycles. The molecule has 1 aromatic heterocycles. The third-order valence-corrected chi connectivity index (χ3v) is 6.80. The Balaban J connectivity index is 1.50. The van der Waals surface area contributed by atoms with Crippen LogP contribution in [0.25, 0.3) is 0 Å². The molecular formula is C29H34N6O4. The zero-order valence-corrected chi connectivity index (χ0v) is 22.7. The summed E-state index contributed by atoms with van der Waals surface area (Å²) in [7, 11) is 1.74. The standard InChI is InChI=1S/C29H34N6O4/c1-17-21(7-6-8-22(17)33-26(36)19-11-14-24(30-15-19)29(2,3)4)23-16-35(5)28(38)25(32-23)31-20-12-9-18(10-13-20)27(37)34-39/h6-15,23,25,31-32,39H,16H2,1-5H3,(H,33,36)(H,34,37). The highest BCUT2D eigenvalue weighted by molar-refractivity contribution is 6.04. The fourth-order valence-electron chi connectivity index (χ4n) is 4.48. The van der Waals surface area contributed by atoms with Crippen LogP contribution in [-0.4, -0.2) is 52.6 Å². The van der Waals surface area contributed by atoms with Crippen LogP contribution in [0.15, 0.2) is 60.8 Å². The van der Waals surface area contributed by atoms with Gasteiger partial charge in [0.25, 0.3) is 17.7 Å². The molecule has 10 nitrogen and oxygen atoms in total. The molecule has 2 atom stereocenters. The average Bonchev–Trinajstić information content (AvgIpc) is 2.92. The Morgan fingerprint density at radius 1 is 1.03 bits per heavy atom. The molecule has 5 N–H and O–H groups in total. The summed E-state index contributed by atoms with van der Waals surface area (Å²) in [6.45, 7) is 8.61. The van der Waals surface area contributed by atoms with Crippen LogP contribution in [0.3, 0.4) is 0 Å². The largest absolute Gasteiger partial charge is 0.362 e. The van der Waals surface area contributed by atoms with E-state index in [0.29, 0.717) is 23.5 Å². The molecule has 2 unspecified atom stereocenters. The van der Waals surface area contributed by atoms with E-state index in [9.17, 15) is 14.4 Å². The number of rotatable bonds is 6. The SMILES string of the molecule is Cc1c(NC(=O)c2ccc(C(C)(C)C)nc2)cccc1C1CN(C)C(=O)C(Nc2ccc(C(=O)NO)cc2)N1. The number of piperazine rings is 1. The molecule has 1 saturated heterocycles. The van der Waals surface area contributed by atoms with Crippen molar-refractivity contribution in [3.63, 3.8) is 0 Å². The Morgan fingerprint density at radius 3 is 2.33 bits per heavy atom. The van der Waals surface area contributed by atoms with E-state index in [-0.39, 0.29) is 28.8 Å². The second kappa shape index (κ2) is 11.2. The highest BCUT2D eigenvalue weighted by atomic mass is 16.5. The summed E-state index contributed by atoms with van der Waals surface area (Å²) in [4.78, 5) is 43.6. The van der Waals surface area contributed by atoms with Crippen LogP contribution in [0, 0.1) is 6.92 Å². The highest BCUT2D eigenvalue weighted by Crippen LogP contribution is 2.28. The van der Waals surface area contributed by atoms with Crippen molar-refractivity contribution in [1.29, 1.82) is 0 Å². The molecule has 3 aromatic rings. The van der Waals surface area contributed by atoms with Gasteiger partial charge in [-0.15, -0.1) is 0 Å². The average molecular weight is 531 g/mol. The number of aromatic nitrogens is 1. The second-order valence-electron chi connectivity index (χ2n) is 10.7. The number of carbonyl (C=O) groups is 3. The summed E-state index contributed by atoms with van der Waals surface area (Å²) >= 11 is 0. The Labute approximate surface area is 227 Å². The van der Waals surface area contributed by atoms with Gasteiger partial charge in [-0.1, -0.05) is 32.9 Å². The Morgan fingerprint density at radius 2 is 1.72 bits per heavy atom. The zero-order valence-electron chi connectivity index (χ0n) is 22.7. The molecular weight excluding hydrogens is 496 g/mol. The molecule has 2 aromatic carbocycles. The van der Waals surface area contributed by atoms with Gasteiger partial charge in [0, 0.05) is 47.8 Å². The van der Waals surface area contributed by atoms with Gasteiger partial charge in [-0.3, -0.25) is 29.9 Å². The van der Waals surface area contributed by atoms with Crippen LogP contribution in [0.1, 0.15) is 64.3 Å². The highest BCUT2D eigenvalue weighted by Gasteiger charge is 2.33. The van der Waals surface area contributed by atoms with Gasteiger partial charge >= 0.3 is 0 Å². The van der Waals surface area contributed by atoms with E-state index in [1.807, 2.05) is 31.2 Å². The van der Waals surface area contributed by atoms with Crippen LogP contribution in [0.5, 0.6) is 0 Å². The Hall–Kier alpha value is -4.28. The van der Waals surface area contributed by atoms with Gasteiger partial charge < -0.3 is 15.5 Å². The quantitative estimate of drug-likeness (QED) is 0.243. The molecule has 10 heteroatoms. The Kier molecular flexibility index (Phi) is 7.98. The summed E-state index contributed by atoms with van der Waals surface area (Å²) in [5, 5.41) is 18.4. The lowest BCUT2D eigenvalue weighted by Gasteiger charge is -2.38. The van der Waals surface area contributed by atoms with Gasteiger partial charge in [0.05, 0.1) is 11.6 Å². The van der Waals surface area contributed by atoms with Crippen LogP contribution < -0.4 is 21.4 Å². The van der Waals surface area contributed by atoms with Crippen LogP contribution in [-0.2, 0) is 10.2 Å². The molecule has 1 fully saturated rings. The normalized spacial score (nSPS) is 17.5. The lowest BCUT2D eigenvalue weighted by Crippen LogP contribution is -2.58. The molecule has 2 heterocycles. The van der Waals surface area contributed by atoms with Crippen molar-refractivity contribution in [2.45, 2.75) is 45.3 Å². The number of amides is 3. The van der Waals surface area contributed by atoms with Gasteiger partial charge in [-0.05, 0) is 60.5 Å². The fraction of sp³-hybridized carbons (Fsp3) is 0.310. The first kappa shape index (κ1) is 27.7. The summed E-state index contributed by atoms with van der Waals surface area (Å²) in [5.41, 5.74) is 6.32. The maximum absolute atomic E-state index is 13.0. The van der Waals surface area contributed by atoms with E-state index in [4.69, 9.17) is 5.21 Å². The molecule has 0 saturated carbocycles. The molecule has 0 bridgehead atoms. The molecule has 0 radical (unpaired) electrons. The van der Waals surface area contributed by atoms with Gasteiger partial charge in [0.2, 0.25) is 0 Å². The van der Waals surface area contributed by atoms with Crippen LogP contribution in [0.4, 0.5) is 11.4 Å². The van der Waals surface area contributed by atoms with Crippen molar-refractivity contribution in [2.24, 2.45) is 0 Å². The summed E-state index contributed by atoms with van der Waals surface area (Å²) < 4.78 is 0. The van der Waals surface area contributed by atoms with Gasteiger partial charge in [-0.2, -0.15) is 0 Å². The number of carbonyl (C=O) groups excluding carboxylic acids is 3. The summed E-state index contributed by atoms with van der Waals surface area (Å²) in [5.74, 6) is -0.990. The van der Waals surface area contributed by atoms with Crippen molar-refractivity contribution in [1.82, 2.24) is 20.7 Å². The van der Waals surface area contributed by atoms with Crippen LogP contribution >= 0.6 is 0 Å². The number of benzene rings is 2. The van der Waals surface area contributed by atoms with Crippen molar-refractivity contribution in [3.8, 4) is 0 Å². The van der Waals surface area contributed by atoms with E-state index in [2.05, 4.69) is 41.7 Å². The van der Waals surface area contributed by atoms with Crippen molar-refractivity contribution >= 4 is 29.1 Å². The predicted octanol–water partition coefficient (Wildman–Crippen LogP) is 3.60. The minimum absolute atomic E-state index is 0.103. The topological polar surface area (TPSA) is 136 Å². The fourth-order valence-corrected chi connectivity index (χ4v) is 4.48. The number of nitrogens with one attached hydrogen (secondary N) is 4. The molecule has 39 heavy (non-hydrogen) atoms. The predicted molar refractivity (Wildman–Crippen MR) is 149 cm³/mol. The maximum Gasteiger partial charge on any atom is 0.274 e. The van der Waals surface area contributed by atoms with Crippen molar-refractivity contribution < 1.29 is 19.6 Å². The number of anilines is 2. The van der Waals surface area contributed by atoms with Crippen molar-refractivity contribution in [2.75, 3.05) is 24.2 Å². The third-order valence-electron chi connectivity index (χ3n) is 6.80. The van der Waals surface area contributed by atoms with Crippen LogP contribution in [0.2, 0.25) is 0 Å². The Bertz CT molecular complexity index is 1370. The number of hydroxylamine groups is 1. The molecule has 1 aliphatic rings. The first-order valence-electron chi connectivity index (χ1n) is 12.7. The lowest BCUT2D eigenvalue weighted by atomic mass is 9.91. The minimum atomic E-state index is -0.712. The smallest absolute Gasteiger partial charge is 0.274 e. The lowest BCUT2D eigenvalue weighted by molar-refractivity contribution is -0.134. The minimum Gasteiger partial charge on any atom is -0.362 e. The number of hydrogen-bond donors (Lipinski definition) is 5. The van der Waals surface area contributed by atoms with Gasteiger partial charge in [-0.25, -0.2) is 5.48 Å². The monoisotopic (exact) mass is 530 g/mol. The van der Waals surface area contributed by atoms with Gasteiger partial charge in [0.15, 0.2) is 6.17 Å². The number of nitrogens with zero attached hydrogens (tertiary/aromatic N) is 2. The van der Waals surface area contributed by atoms with E-state index in [1.54, 1.807) is 54.0 Å². The number of hydrogen-bond acceptors (Lipinski definition) is 7. The maximum atomic E-state index is 13.0. The molecule has 4 rings (SSSR count). The van der Waals surface area contributed by atoms with E-state index >= 15 is 0 Å². The molecule has 0 aliphatic carbocycles. The van der Waals surface area contributed by atoms with E-state index in [0.717, 1.165) is 16.8 Å². The third kappa shape index (κ3) is 6.24. The molecule has 3 amide bonds. The molecule has 0 spiro atoms. The number of pyridine rings is 1. The van der Waals surface area contributed by atoms with Gasteiger partial charge in [0.1, 0.15) is 0 Å². The summed E-state index contributed by atoms with van der Waals surface area (Å²) in [6.07, 6.45) is 0.883. The first-order valence-corrected chi connectivity index (χ1v) is 12.7. The second-order valence-corrected chi connectivity index (χ2v) is 10.7. The zero-order chi connectivity index (χ0) is 28.3. The van der Waals surface area contributed by atoms with E-state index in [1.165, 1.54) is 0 Å². The summed E-state index contributed by atoms with van der Waals surface area (Å²) in [6, 6.07) is 15.6. The first-order chi connectivity index (χ1) is 18.5. The van der Waals surface area contributed by atoms with E-state index < -0.39 is 12.1 Å². The molecule has 204 valence electrons. The number of likely N-dealkylation sites (N-methyl/N-ethyl adjacent to an activating group) is 1. The van der Waals surface area contributed by atoms with Crippen molar-refractivity contribution in [3.05, 3.63) is 88.7 Å².